The summed E-state index contributed by atoms with van der Waals surface area (Å²) in [6, 6.07) is 82.9. The topological polar surface area (TPSA) is 121 Å². The monoisotopic (exact) mass is 1730 g/mol. The quantitative estimate of drug-likeness (QED) is 0.164. The largest absolute Gasteiger partial charge is 0.352 e. The van der Waals surface area contributed by atoms with Crippen molar-refractivity contribution in [2.24, 2.45) is 7.05 Å². The molecule has 0 aliphatic heterocycles. The maximum atomic E-state index is 4.88. The first kappa shape index (κ1) is 86.2. The zero-order valence-corrected chi connectivity index (χ0v) is 80.4. The second kappa shape index (κ2) is 33.7. The molecule has 17 nitrogen and oxygen atoms in total. The average molecular weight is 1740 g/mol. The lowest BCUT2D eigenvalue weighted by atomic mass is 10.1. The van der Waals surface area contributed by atoms with Gasteiger partial charge in [-0.15, -0.1) is 0 Å². The third kappa shape index (κ3) is 13.9. The fourth-order valence-corrected chi connectivity index (χ4v) is 20.6. The number of imidazole rings is 7. The number of benzene rings is 9. The van der Waals surface area contributed by atoms with E-state index >= 15 is 0 Å². The molecule has 132 heavy (non-hydrogen) atoms. The van der Waals surface area contributed by atoms with Gasteiger partial charge in [0.15, 0.2) is 11.3 Å². The first-order chi connectivity index (χ1) is 63.6. The molecule has 0 saturated heterocycles. The van der Waals surface area contributed by atoms with E-state index in [4.69, 9.17) is 24.9 Å². The van der Waals surface area contributed by atoms with Gasteiger partial charge in [0, 0.05) is 76.8 Å². The van der Waals surface area contributed by atoms with Gasteiger partial charge in [-0.3, -0.25) is 44.8 Å². The third-order valence-corrected chi connectivity index (χ3v) is 27.7. The third-order valence-electron chi connectivity index (χ3n) is 27.7. The lowest BCUT2D eigenvalue weighted by molar-refractivity contribution is 0.886. The molecule has 24 aromatic rings. The molecule has 0 bridgehead atoms. The highest BCUT2D eigenvalue weighted by Gasteiger charge is 2.27. The number of aryl methyl sites for hydroxylation is 21. The van der Waals surface area contributed by atoms with Crippen LogP contribution in [0.15, 0.2) is 261 Å². The molecular weight excluding hydrogens is 1620 g/mol. The Bertz CT molecular complexity index is 8010. The Kier molecular flexibility index (Phi) is 22.0. The number of rotatable bonds is 6. The average Bonchev–Trinajstić information content (AvgIpc) is 1.58. The van der Waals surface area contributed by atoms with Crippen LogP contribution in [0, 0.1) is 159 Å². The highest BCUT2D eigenvalue weighted by atomic mass is 15.2. The van der Waals surface area contributed by atoms with Crippen molar-refractivity contribution in [3.63, 3.8) is 0 Å². The van der Waals surface area contributed by atoms with E-state index in [2.05, 4.69) is 463 Å². The molecule has 17 heteroatoms. The van der Waals surface area contributed by atoms with Crippen LogP contribution in [-0.4, -0.2) is 78.9 Å². The zero-order chi connectivity index (χ0) is 92.6. The van der Waals surface area contributed by atoms with Gasteiger partial charge in [-0.1, -0.05) is 170 Å². The van der Waals surface area contributed by atoms with E-state index < -0.39 is 0 Å². The molecule has 0 atom stereocenters. The summed E-state index contributed by atoms with van der Waals surface area (Å²) >= 11 is 0. The van der Waals surface area contributed by atoms with Crippen LogP contribution in [0.25, 0.3) is 140 Å². The summed E-state index contributed by atoms with van der Waals surface area (Å²) in [4.78, 5) is 24.3. The summed E-state index contributed by atoms with van der Waals surface area (Å²) in [5.41, 5.74) is 53.5. The van der Waals surface area contributed by atoms with Crippen molar-refractivity contribution in [3.05, 3.63) is 390 Å². The summed E-state index contributed by atoms with van der Waals surface area (Å²) < 4.78 is 27.3. The number of hydrogen-bond acceptors (Lipinski definition) is 5. The molecule has 24 rings (SSSR count). The van der Waals surface area contributed by atoms with Gasteiger partial charge in [0.05, 0.1) is 89.6 Å². The first-order valence-corrected chi connectivity index (χ1v) is 45.7. The molecule has 0 N–H and O–H groups in total. The second-order valence-corrected chi connectivity index (χ2v) is 36.1. The molecule has 0 saturated carbocycles. The van der Waals surface area contributed by atoms with Gasteiger partial charge in [-0.25, -0.2) is 24.9 Å². The molecule has 0 amide bonds. The number of fused-ring (bicyclic) bond motifs is 18. The fourth-order valence-electron chi connectivity index (χ4n) is 20.6. The van der Waals surface area contributed by atoms with Gasteiger partial charge in [0.2, 0.25) is 11.6 Å². The summed E-state index contributed by atoms with van der Waals surface area (Å²) in [7, 11) is 2.12. The van der Waals surface area contributed by atoms with E-state index in [9.17, 15) is 0 Å². The van der Waals surface area contributed by atoms with Crippen molar-refractivity contribution in [3.8, 4) is 34.1 Å². The Balaban J connectivity index is 0.000000102. The van der Waals surface area contributed by atoms with E-state index in [1.165, 1.54) is 207 Å². The van der Waals surface area contributed by atoms with Crippen molar-refractivity contribution in [1.82, 2.24) is 78.9 Å². The Labute approximate surface area is 770 Å². The van der Waals surface area contributed by atoms with E-state index in [0.717, 1.165) is 62.3 Å². The van der Waals surface area contributed by atoms with Crippen LogP contribution in [0.5, 0.6) is 0 Å². The molecule has 0 aliphatic carbocycles. The summed E-state index contributed by atoms with van der Waals surface area (Å²) in [6.07, 6.45) is 8.52. The molecule has 0 aliphatic rings. The highest BCUT2D eigenvalue weighted by molar-refractivity contribution is 6.11. The first-order valence-electron chi connectivity index (χ1n) is 45.7. The Morgan fingerprint density at radius 2 is 0.530 bits per heavy atom. The smallest absolute Gasteiger partial charge is 0.220 e. The van der Waals surface area contributed by atoms with Crippen LogP contribution in [0.2, 0.25) is 0 Å². The Hall–Kier alpha value is -15.2. The van der Waals surface area contributed by atoms with Crippen LogP contribution in [-0.2, 0) is 7.05 Å². The molecule has 0 radical (unpaired) electrons. The van der Waals surface area contributed by atoms with Crippen molar-refractivity contribution >= 4 is 106 Å². The van der Waals surface area contributed by atoms with Crippen molar-refractivity contribution < 1.29 is 0 Å². The van der Waals surface area contributed by atoms with Crippen LogP contribution < -0.4 is 0 Å². The molecule has 9 aromatic carbocycles. The summed E-state index contributed by atoms with van der Waals surface area (Å²) in [5, 5.41) is 2.69. The fraction of sp³-hybridized carbons (Fsp3) is 0.209. The van der Waals surface area contributed by atoms with E-state index in [1.807, 2.05) is 18.2 Å². The van der Waals surface area contributed by atoms with Crippen molar-refractivity contribution in [2.75, 3.05) is 0 Å². The van der Waals surface area contributed by atoms with Gasteiger partial charge in [0.25, 0.3) is 0 Å². The zero-order valence-electron chi connectivity index (χ0n) is 80.4. The second-order valence-electron chi connectivity index (χ2n) is 36.1. The highest BCUT2D eigenvalue weighted by Crippen LogP contribution is 2.41. The minimum Gasteiger partial charge on any atom is -0.352 e. The van der Waals surface area contributed by atoms with Crippen LogP contribution in [0.4, 0.5) is 0 Å². The van der Waals surface area contributed by atoms with Crippen LogP contribution in [0.1, 0.15) is 129 Å². The normalized spacial score (nSPS) is 11.6. The van der Waals surface area contributed by atoms with Crippen molar-refractivity contribution in [2.45, 2.75) is 159 Å². The predicted octanol–water partition coefficient (Wildman–Crippen LogP) is 27.6. The van der Waals surface area contributed by atoms with Gasteiger partial charge < -0.3 is 9.13 Å². The molecule has 0 unspecified atom stereocenters. The molecule has 15 aromatic heterocycles. The summed E-state index contributed by atoms with van der Waals surface area (Å²) in [5.74, 6) is 1.99. The van der Waals surface area contributed by atoms with E-state index in [1.54, 1.807) is 0 Å². The number of hydrogen-bond donors (Lipinski definition) is 0. The van der Waals surface area contributed by atoms with Crippen LogP contribution in [0.3, 0.4) is 0 Å². The summed E-state index contributed by atoms with van der Waals surface area (Å²) in [6.45, 7) is 49.7. The van der Waals surface area contributed by atoms with Gasteiger partial charge in [-0.05, 0) is 309 Å². The van der Waals surface area contributed by atoms with E-state index in [0.29, 0.717) is 0 Å². The molecule has 660 valence electrons. The molecular formula is C115H115N17. The number of aromatic nitrogens is 17. The maximum absolute atomic E-state index is 4.88. The van der Waals surface area contributed by atoms with Gasteiger partial charge in [0.1, 0.15) is 28.1 Å². The number of pyridine rings is 3. The Morgan fingerprint density at radius 3 is 0.909 bits per heavy atom. The van der Waals surface area contributed by atoms with E-state index in [-0.39, 0.29) is 0 Å². The predicted molar refractivity (Wildman–Crippen MR) is 549 cm³/mol. The molecule has 0 spiro atoms. The minimum atomic E-state index is 0.994. The SMILES string of the molecule is Cc1cccc(C)c1-n1c(C)c(C)c2c1nc1ccccn12.Cc1cccc(C)c1-n1c(C)c(C)c2c1nc1ccccn12.Cc1cccc(C)c1-n1c(C)c(C)c2nc3ccccn3c21.Cc1cccc(C)c1-n1c2ccccc2c2c(C)n(C)cc21.Cc1cccc(C)c1-n1c2ccccc2n2c(C)c(C)nc12.Cc1cccc(C)c1-n1c2ccccc2n2c(C)c(C)nc12. The molecule has 0 fully saturated rings. The van der Waals surface area contributed by atoms with Crippen LogP contribution >= 0.6 is 0 Å². The maximum Gasteiger partial charge on any atom is 0.220 e. The minimum absolute atomic E-state index is 0.994. The molecule has 15 heterocycles. The van der Waals surface area contributed by atoms with Crippen molar-refractivity contribution in [1.29, 1.82) is 0 Å². The van der Waals surface area contributed by atoms with Gasteiger partial charge in [-0.2, -0.15) is 0 Å². The van der Waals surface area contributed by atoms with Gasteiger partial charge >= 0.3 is 0 Å². The Morgan fingerprint density at radius 1 is 0.227 bits per heavy atom. The standard InChI is InChI=1S/C20H20N2.5C19H19N3/c1-13-8-7-9-14(2)20(13)22-17-11-6-5-10-16(17)19-15(3)21(4)12-18(19)22;1-12-8-7-9-13(2)18(12)22-15(4)14(3)17-19(22)21-11-6-5-10-16(21)20-17;2*1-12-8-7-9-13(2)17(12)22-15(4)14(3)18-19(22)20-16-10-5-6-11-21(16)18;2*1-12-8-7-9-13(2)18(12)22-17-11-6-5-10-16(17)21-15(4)14(3)20-19(21)22/h5-12H,1-4H3;5*5-11H,1-4H3. The number of nitrogens with zero attached hydrogens (tertiary/aromatic N) is 17. The lowest BCUT2D eigenvalue weighted by Gasteiger charge is -2.15. The number of para-hydroxylation sites is 11. The lowest BCUT2D eigenvalue weighted by Crippen LogP contribution is -2.04.